The number of carbonyl (C=O) groups excluding carboxylic acids is 1. The average molecular weight is 449 g/mol. The van der Waals surface area contributed by atoms with Crippen LogP contribution in [0.3, 0.4) is 0 Å². The molecule has 1 saturated carbocycles. The van der Waals surface area contributed by atoms with Gasteiger partial charge in [-0.05, 0) is 49.6 Å². The number of benzene rings is 1. The van der Waals surface area contributed by atoms with Crippen LogP contribution >= 0.6 is 0 Å². The second-order valence-electron chi connectivity index (χ2n) is 8.57. The predicted molar refractivity (Wildman–Crippen MR) is 124 cm³/mol. The Morgan fingerprint density at radius 1 is 1.15 bits per heavy atom. The first-order valence-electron chi connectivity index (χ1n) is 11.6. The van der Waals surface area contributed by atoms with E-state index in [1.807, 2.05) is 30.3 Å². The Labute approximate surface area is 191 Å². The van der Waals surface area contributed by atoms with Crippen molar-refractivity contribution >= 4 is 17.1 Å². The summed E-state index contributed by atoms with van der Waals surface area (Å²) in [4.78, 5) is 25.2. The Morgan fingerprint density at radius 3 is 2.70 bits per heavy atom. The summed E-state index contributed by atoms with van der Waals surface area (Å²) in [5, 5.41) is 12.1. The number of hydrogen-bond donors (Lipinski definition) is 1. The molecule has 1 aromatic carbocycles. The first kappa shape index (κ1) is 21.2. The first-order chi connectivity index (χ1) is 16.1. The molecule has 5 rings (SSSR count). The van der Waals surface area contributed by atoms with Gasteiger partial charge in [-0.3, -0.25) is 4.79 Å². The van der Waals surface area contributed by atoms with Crippen LogP contribution in [0.25, 0.3) is 22.4 Å². The quantitative estimate of drug-likeness (QED) is 0.418. The van der Waals surface area contributed by atoms with E-state index in [1.165, 1.54) is 9.08 Å². The average Bonchev–Trinajstić information content (AvgIpc) is 3.54. The summed E-state index contributed by atoms with van der Waals surface area (Å²) in [6.07, 6.45) is 9.74. The highest BCUT2D eigenvalue weighted by Crippen LogP contribution is 2.24. The minimum absolute atomic E-state index is 0.0936. The van der Waals surface area contributed by atoms with E-state index in [1.54, 1.807) is 16.9 Å². The number of amides is 1. The van der Waals surface area contributed by atoms with Crippen molar-refractivity contribution in [1.82, 2.24) is 29.1 Å². The van der Waals surface area contributed by atoms with Gasteiger partial charge in [0.05, 0.1) is 12.3 Å². The van der Waals surface area contributed by atoms with Crippen LogP contribution in [0.15, 0.2) is 47.5 Å². The zero-order valence-corrected chi connectivity index (χ0v) is 18.7. The lowest BCUT2D eigenvalue weighted by molar-refractivity contribution is -0.122. The van der Waals surface area contributed by atoms with Gasteiger partial charge in [-0.2, -0.15) is 5.10 Å². The van der Waals surface area contributed by atoms with E-state index in [4.69, 9.17) is 4.74 Å². The minimum Gasteiger partial charge on any atom is -0.494 e. The lowest BCUT2D eigenvalue weighted by Gasteiger charge is -2.10. The van der Waals surface area contributed by atoms with Gasteiger partial charge in [-0.15, -0.1) is 5.10 Å². The van der Waals surface area contributed by atoms with E-state index in [0.29, 0.717) is 17.8 Å². The van der Waals surface area contributed by atoms with Crippen LogP contribution in [-0.4, -0.2) is 42.4 Å². The summed E-state index contributed by atoms with van der Waals surface area (Å²) in [6.45, 7) is 2.75. The fourth-order valence-corrected chi connectivity index (χ4v) is 4.31. The van der Waals surface area contributed by atoms with E-state index in [0.717, 1.165) is 55.5 Å². The monoisotopic (exact) mass is 448 g/mol. The molecule has 0 aliphatic heterocycles. The van der Waals surface area contributed by atoms with Gasteiger partial charge >= 0.3 is 5.69 Å². The highest BCUT2D eigenvalue weighted by Gasteiger charge is 2.19. The number of nitrogens with one attached hydrogen (secondary N) is 1. The van der Waals surface area contributed by atoms with E-state index < -0.39 is 0 Å². The molecule has 1 N–H and O–H groups in total. The molecular formula is C24H28N6O3. The molecule has 1 aliphatic carbocycles. The second-order valence-corrected chi connectivity index (χ2v) is 8.57. The van der Waals surface area contributed by atoms with Crippen molar-refractivity contribution in [3.63, 3.8) is 0 Å². The molecule has 0 bridgehead atoms. The lowest BCUT2D eigenvalue weighted by Crippen LogP contribution is -2.37. The summed E-state index contributed by atoms with van der Waals surface area (Å²) < 4.78 is 10.1. The number of fused-ring (bicyclic) bond motifs is 3. The van der Waals surface area contributed by atoms with Gasteiger partial charge < -0.3 is 10.1 Å². The van der Waals surface area contributed by atoms with Crippen molar-refractivity contribution in [2.45, 2.75) is 58.0 Å². The van der Waals surface area contributed by atoms with E-state index >= 15 is 0 Å². The van der Waals surface area contributed by atoms with Crippen LogP contribution in [0, 0.1) is 0 Å². The van der Waals surface area contributed by atoms with E-state index in [-0.39, 0.29) is 24.2 Å². The molecule has 0 unspecified atom stereocenters. The third-order valence-corrected chi connectivity index (χ3v) is 6.12. The predicted octanol–water partition coefficient (Wildman–Crippen LogP) is 3.05. The Bertz CT molecular complexity index is 1330. The summed E-state index contributed by atoms with van der Waals surface area (Å²) >= 11 is 0. The molecule has 172 valence electrons. The Hall–Kier alpha value is -3.62. The molecule has 0 saturated heterocycles. The SMILES string of the molecule is CCCCOc1ccc(-c2cc3c4nn(CC(=O)NC5CCCC5)c(=O)n4ccn3n2)cc1. The van der Waals surface area contributed by atoms with Gasteiger partial charge in [0.1, 0.15) is 17.8 Å². The van der Waals surface area contributed by atoms with Crippen LogP contribution in [-0.2, 0) is 11.3 Å². The largest absolute Gasteiger partial charge is 0.494 e. The molecule has 1 fully saturated rings. The maximum absolute atomic E-state index is 12.8. The van der Waals surface area contributed by atoms with Gasteiger partial charge in [-0.25, -0.2) is 18.4 Å². The zero-order chi connectivity index (χ0) is 22.8. The minimum atomic E-state index is -0.342. The van der Waals surface area contributed by atoms with Gasteiger partial charge in [-0.1, -0.05) is 26.2 Å². The summed E-state index contributed by atoms with van der Waals surface area (Å²) in [5.74, 6) is 0.651. The fraction of sp³-hybridized carbons (Fsp3) is 0.417. The molecule has 1 amide bonds. The normalized spacial score (nSPS) is 14.3. The van der Waals surface area contributed by atoms with Crippen molar-refractivity contribution in [2.24, 2.45) is 0 Å². The van der Waals surface area contributed by atoms with Crippen molar-refractivity contribution in [3.05, 3.63) is 53.2 Å². The van der Waals surface area contributed by atoms with E-state index in [2.05, 4.69) is 22.4 Å². The molecular weight excluding hydrogens is 420 g/mol. The van der Waals surface area contributed by atoms with Gasteiger partial charge in [0.15, 0.2) is 5.65 Å². The molecule has 1 aliphatic rings. The van der Waals surface area contributed by atoms with Gasteiger partial charge in [0.25, 0.3) is 0 Å². The molecule has 9 heteroatoms. The molecule has 0 radical (unpaired) electrons. The number of ether oxygens (including phenoxy) is 1. The van der Waals surface area contributed by atoms with Gasteiger partial charge in [0.2, 0.25) is 5.91 Å². The Balaban J connectivity index is 1.40. The lowest BCUT2D eigenvalue weighted by atomic mass is 10.1. The number of hydrogen-bond acceptors (Lipinski definition) is 5. The van der Waals surface area contributed by atoms with Crippen LogP contribution in [0.1, 0.15) is 45.4 Å². The third-order valence-electron chi connectivity index (χ3n) is 6.12. The number of aromatic nitrogens is 5. The standard InChI is InChI=1S/C24H28N6O3/c1-2-3-14-33-19-10-8-17(9-11-19)20-15-21-23-27-30(16-22(31)25-18-6-4-5-7-18)24(32)28(23)12-13-29(21)26-20/h8-13,15,18H,2-7,14,16H2,1H3,(H,25,31). The van der Waals surface area contributed by atoms with Crippen molar-refractivity contribution < 1.29 is 9.53 Å². The fourth-order valence-electron chi connectivity index (χ4n) is 4.31. The zero-order valence-electron chi connectivity index (χ0n) is 18.7. The van der Waals surface area contributed by atoms with Crippen LogP contribution in [0.4, 0.5) is 0 Å². The Morgan fingerprint density at radius 2 is 1.94 bits per heavy atom. The smallest absolute Gasteiger partial charge is 0.350 e. The highest BCUT2D eigenvalue weighted by atomic mass is 16.5. The van der Waals surface area contributed by atoms with Gasteiger partial charge in [0, 0.05) is 24.0 Å². The van der Waals surface area contributed by atoms with Crippen molar-refractivity contribution in [2.75, 3.05) is 6.61 Å². The molecule has 9 nitrogen and oxygen atoms in total. The van der Waals surface area contributed by atoms with Crippen LogP contribution in [0.2, 0.25) is 0 Å². The molecule has 3 aromatic heterocycles. The maximum atomic E-state index is 12.8. The molecule has 4 aromatic rings. The third kappa shape index (κ3) is 4.35. The summed E-state index contributed by atoms with van der Waals surface area (Å²) in [5.41, 5.74) is 2.53. The highest BCUT2D eigenvalue weighted by molar-refractivity contribution is 5.78. The van der Waals surface area contributed by atoms with Crippen molar-refractivity contribution in [3.8, 4) is 17.0 Å². The molecule has 33 heavy (non-hydrogen) atoms. The topological polar surface area (TPSA) is 94.9 Å². The van der Waals surface area contributed by atoms with Crippen LogP contribution in [0.5, 0.6) is 5.75 Å². The summed E-state index contributed by atoms with van der Waals surface area (Å²) in [6, 6.07) is 9.92. The number of nitrogens with zero attached hydrogens (tertiary/aromatic N) is 5. The molecule has 0 spiro atoms. The number of unbranched alkanes of at least 4 members (excludes halogenated alkanes) is 1. The number of carbonyl (C=O) groups is 1. The maximum Gasteiger partial charge on any atom is 0.350 e. The molecule has 0 atom stereocenters. The Kier molecular flexibility index (Phi) is 5.85. The van der Waals surface area contributed by atoms with Crippen molar-refractivity contribution in [1.29, 1.82) is 0 Å². The first-order valence-corrected chi connectivity index (χ1v) is 11.6. The van der Waals surface area contributed by atoms with Crippen LogP contribution < -0.4 is 15.7 Å². The van der Waals surface area contributed by atoms with E-state index in [9.17, 15) is 9.59 Å². The summed E-state index contributed by atoms with van der Waals surface area (Å²) in [7, 11) is 0. The number of rotatable bonds is 8. The second kappa shape index (κ2) is 9.09. The molecule has 3 heterocycles.